The SMILES string of the molecule is CC1(C)c2cc(-c3cccc(-c4cc(-c5ccccc5)nc(-c5ccccc5)n4)c3)ccc2-c2c(-c3ccc(-c4ccccc4)cc3)cc3ccccc3c21. The number of hydrogen-bond acceptors (Lipinski definition) is 2. The molecule has 0 bridgehead atoms. The first kappa shape index (κ1) is 32.7. The molecule has 10 rings (SSSR count). The molecule has 0 atom stereocenters. The normalized spacial score (nSPS) is 12.7. The molecule has 2 heteroatoms. The second-order valence-electron chi connectivity index (χ2n) is 15.0. The van der Waals surface area contributed by atoms with Gasteiger partial charge in [-0.15, -0.1) is 0 Å². The zero-order chi connectivity index (χ0) is 36.9. The highest BCUT2D eigenvalue weighted by Gasteiger charge is 2.39. The monoisotopic (exact) mass is 702 g/mol. The third-order valence-corrected chi connectivity index (χ3v) is 11.3. The van der Waals surface area contributed by atoms with Gasteiger partial charge in [0.1, 0.15) is 0 Å². The summed E-state index contributed by atoms with van der Waals surface area (Å²) in [6.07, 6.45) is 0. The molecule has 0 unspecified atom stereocenters. The number of nitrogens with zero attached hydrogens (tertiary/aromatic N) is 2. The van der Waals surface area contributed by atoms with Crippen molar-refractivity contribution in [2.45, 2.75) is 19.3 Å². The molecule has 0 saturated heterocycles. The smallest absolute Gasteiger partial charge is 0.160 e. The van der Waals surface area contributed by atoms with Crippen molar-refractivity contribution in [3.8, 4) is 78.4 Å². The Balaban J connectivity index is 1.09. The summed E-state index contributed by atoms with van der Waals surface area (Å²) in [6, 6.07) is 69.6. The van der Waals surface area contributed by atoms with Crippen LogP contribution < -0.4 is 0 Å². The van der Waals surface area contributed by atoms with Gasteiger partial charge in [-0.1, -0.05) is 184 Å². The van der Waals surface area contributed by atoms with Crippen LogP contribution in [-0.2, 0) is 5.41 Å². The van der Waals surface area contributed by atoms with Crippen molar-refractivity contribution in [2.75, 3.05) is 0 Å². The van der Waals surface area contributed by atoms with Crippen molar-refractivity contribution in [3.05, 3.63) is 205 Å². The molecular weight excluding hydrogens is 665 g/mol. The minimum Gasteiger partial charge on any atom is -0.228 e. The quantitative estimate of drug-likeness (QED) is 0.172. The molecule has 55 heavy (non-hydrogen) atoms. The Hall–Kier alpha value is -6.90. The second-order valence-corrected chi connectivity index (χ2v) is 15.0. The van der Waals surface area contributed by atoms with Crippen LogP contribution >= 0.6 is 0 Å². The third kappa shape index (κ3) is 5.75. The Kier molecular flexibility index (Phi) is 7.85. The molecule has 0 spiro atoms. The molecular formula is C53H38N2. The fraction of sp³-hybridized carbons (Fsp3) is 0.0566. The minimum absolute atomic E-state index is 0.209. The van der Waals surface area contributed by atoms with E-state index in [-0.39, 0.29) is 5.41 Å². The summed E-state index contributed by atoms with van der Waals surface area (Å²) in [4.78, 5) is 10.1. The molecule has 1 heterocycles. The van der Waals surface area contributed by atoms with Crippen LogP contribution in [0.15, 0.2) is 194 Å². The summed E-state index contributed by atoms with van der Waals surface area (Å²) in [5.41, 5.74) is 17.5. The van der Waals surface area contributed by atoms with Gasteiger partial charge in [0.05, 0.1) is 11.4 Å². The highest BCUT2D eigenvalue weighted by atomic mass is 14.9. The van der Waals surface area contributed by atoms with Crippen LogP contribution in [0.2, 0.25) is 0 Å². The van der Waals surface area contributed by atoms with E-state index in [0.717, 1.165) is 39.5 Å². The second kappa shape index (κ2) is 13.2. The molecule has 8 aromatic carbocycles. The molecule has 2 nitrogen and oxygen atoms in total. The molecule has 1 aliphatic carbocycles. The third-order valence-electron chi connectivity index (χ3n) is 11.3. The average molecular weight is 703 g/mol. The van der Waals surface area contributed by atoms with E-state index in [1.54, 1.807) is 0 Å². The van der Waals surface area contributed by atoms with Gasteiger partial charge >= 0.3 is 0 Å². The molecule has 0 radical (unpaired) electrons. The molecule has 0 saturated carbocycles. The fourth-order valence-corrected chi connectivity index (χ4v) is 8.50. The molecule has 9 aromatic rings. The Morgan fingerprint density at radius 1 is 0.364 bits per heavy atom. The van der Waals surface area contributed by atoms with Crippen molar-refractivity contribution in [1.29, 1.82) is 0 Å². The molecule has 0 N–H and O–H groups in total. The predicted octanol–water partition coefficient (Wildman–Crippen LogP) is 13.9. The zero-order valence-electron chi connectivity index (χ0n) is 30.9. The summed E-state index contributed by atoms with van der Waals surface area (Å²) in [5, 5.41) is 2.59. The van der Waals surface area contributed by atoms with E-state index < -0.39 is 0 Å². The largest absolute Gasteiger partial charge is 0.228 e. The lowest BCUT2D eigenvalue weighted by atomic mass is 9.78. The van der Waals surface area contributed by atoms with E-state index in [4.69, 9.17) is 9.97 Å². The maximum absolute atomic E-state index is 5.12. The van der Waals surface area contributed by atoms with E-state index >= 15 is 0 Å². The van der Waals surface area contributed by atoms with Gasteiger partial charge in [0.15, 0.2) is 5.82 Å². The van der Waals surface area contributed by atoms with Crippen LogP contribution in [0.1, 0.15) is 25.0 Å². The van der Waals surface area contributed by atoms with E-state index in [0.29, 0.717) is 0 Å². The van der Waals surface area contributed by atoms with Crippen molar-refractivity contribution in [1.82, 2.24) is 9.97 Å². The summed E-state index contributed by atoms with van der Waals surface area (Å²) in [5.74, 6) is 0.720. The first-order valence-electron chi connectivity index (χ1n) is 19.0. The van der Waals surface area contributed by atoms with Crippen molar-refractivity contribution in [3.63, 3.8) is 0 Å². The predicted molar refractivity (Wildman–Crippen MR) is 230 cm³/mol. The standard InChI is InChI=1S/C53H38N2/c1-53(2)47-33-41(40-22-14-23-43(31-40)49-34-48(38-17-8-4-9-18-38)54-52(55-49)39-19-10-5-11-20-39)29-30-45(47)50-46(32-42-21-12-13-24-44(42)51(50)53)37-27-25-36(26-28-37)35-15-6-3-7-16-35/h3-34H,1-2H3. The molecule has 0 aliphatic heterocycles. The van der Waals surface area contributed by atoms with E-state index in [2.05, 4.69) is 184 Å². The van der Waals surface area contributed by atoms with Crippen LogP contribution in [0.3, 0.4) is 0 Å². The number of aromatic nitrogens is 2. The fourth-order valence-electron chi connectivity index (χ4n) is 8.50. The average Bonchev–Trinajstić information content (AvgIpc) is 3.50. The summed E-state index contributed by atoms with van der Waals surface area (Å²) >= 11 is 0. The van der Waals surface area contributed by atoms with Crippen LogP contribution in [-0.4, -0.2) is 9.97 Å². The number of fused-ring (bicyclic) bond motifs is 5. The Morgan fingerprint density at radius 3 is 1.62 bits per heavy atom. The van der Waals surface area contributed by atoms with Crippen LogP contribution in [0.25, 0.3) is 89.2 Å². The molecule has 0 fully saturated rings. The van der Waals surface area contributed by atoms with Crippen molar-refractivity contribution in [2.24, 2.45) is 0 Å². The highest BCUT2D eigenvalue weighted by molar-refractivity contribution is 6.05. The number of hydrogen-bond donors (Lipinski definition) is 0. The van der Waals surface area contributed by atoms with Crippen LogP contribution in [0.5, 0.6) is 0 Å². The van der Waals surface area contributed by atoms with Gasteiger partial charge in [0.2, 0.25) is 0 Å². The lowest BCUT2D eigenvalue weighted by Gasteiger charge is -2.24. The maximum Gasteiger partial charge on any atom is 0.160 e. The topological polar surface area (TPSA) is 25.8 Å². The summed E-state index contributed by atoms with van der Waals surface area (Å²) in [6.45, 7) is 4.79. The van der Waals surface area contributed by atoms with Crippen LogP contribution in [0, 0.1) is 0 Å². The lowest BCUT2D eigenvalue weighted by Crippen LogP contribution is -2.15. The highest BCUT2D eigenvalue weighted by Crippen LogP contribution is 2.55. The number of rotatable bonds is 6. The van der Waals surface area contributed by atoms with E-state index in [1.165, 1.54) is 60.8 Å². The van der Waals surface area contributed by atoms with Gasteiger partial charge in [0.25, 0.3) is 0 Å². The van der Waals surface area contributed by atoms with E-state index in [9.17, 15) is 0 Å². The van der Waals surface area contributed by atoms with Gasteiger partial charge in [-0.25, -0.2) is 9.97 Å². The molecule has 0 amide bonds. The molecule has 1 aliphatic rings. The van der Waals surface area contributed by atoms with Crippen LogP contribution in [0.4, 0.5) is 0 Å². The first-order chi connectivity index (χ1) is 27.0. The number of benzene rings is 8. The molecule has 1 aromatic heterocycles. The van der Waals surface area contributed by atoms with Gasteiger partial charge < -0.3 is 0 Å². The Bertz CT molecular complexity index is 2800. The van der Waals surface area contributed by atoms with Crippen molar-refractivity contribution < 1.29 is 0 Å². The van der Waals surface area contributed by atoms with Crippen molar-refractivity contribution >= 4 is 10.8 Å². The minimum atomic E-state index is -0.209. The Morgan fingerprint density at radius 2 is 0.891 bits per heavy atom. The maximum atomic E-state index is 5.12. The van der Waals surface area contributed by atoms with E-state index in [1.807, 2.05) is 24.3 Å². The Labute approximate surface area is 322 Å². The zero-order valence-corrected chi connectivity index (χ0v) is 30.9. The summed E-state index contributed by atoms with van der Waals surface area (Å²) in [7, 11) is 0. The first-order valence-corrected chi connectivity index (χ1v) is 19.0. The van der Waals surface area contributed by atoms with Gasteiger partial charge in [0, 0.05) is 22.1 Å². The van der Waals surface area contributed by atoms with Gasteiger partial charge in [-0.2, -0.15) is 0 Å². The van der Waals surface area contributed by atoms with Gasteiger partial charge in [-0.3, -0.25) is 0 Å². The lowest BCUT2D eigenvalue weighted by molar-refractivity contribution is 0.666. The molecule has 260 valence electrons. The summed E-state index contributed by atoms with van der Waals surface area (Å²) < 4.78 is 0. The van der Waals surface area contributed by atoms with Gasteiger partial charge in [-0.05, 0) is 90.7 Å².